The third-order valence-electron chi connectivity index (χ3n) is 5.19. The predicted octanol–water partition coefficient (Wildman–Crippen LogP) is 2.01. The molecule has 9 nitrogen and oxygen atoms in total. The second-order valence-electron chi connectivity index (χ2n) is 7.50. The number of nitrogens with zero attached hydrogens (tertiary/aromatic N) is 3. The molecule has 2 aliphatic rings. The summed E-state index contributed by atoms with van der Waals surface area (Å²) in [5, 5.41) is 14.7. The van der Waals surface area contributed by atoms with Crippen molar-refractivity contribution in [1.29, 1.82) is 0 Å². The molecule has 1 saturated heterocycles. The average molecular weight is 397 g/mol. The molecule has 3 aromatic heterocycles. The van der Waals surface area contributed by atoms with Gasteiger partial charge in [-0.3, -0.25) is 4.79 Å². The van der Waals surface area contributed by atoms with Gasteiger partial charge in [0.2, 0.25) is 5.91 Å². The van der Waals surface area contributed by atoms with E-state index in [1.54, 1.807) is 4.52 Å². The zero-order valence-corrected chi connectivity index (χ0v) is 16.2. The van der Waals surface area contributed by atoms with Crippen LogP contribution in [-0.2, 0) is 9.53 Å². The van der Waals surface area contributed by atoms with Crippen molar-refractivity contribution >= 4 is 17.2 Å². The Bertz CT molecular complexity index is 1030. The molecule has 0 unspecified atom stereocenters. The molecule has 4 heterocycles. The lowest BCUT2D eigenvalue weighted by atomic mass is 10.1. The molecule has 9 heteroatoms. The SMILES string of the molecule is Cc1onc(OC[C@@H]2CNCCO2)c1-c1ccn2nc(NC(=O)C3CC3)cc2c1. The van der Waals surface area contributed by atoms with Crippen LogP contribution in [0.25, 0.3) is 16.6 Å². The second-order valence-corrected chi connectivity index (χ2v) is 7.50. The molecular weight excluding hydrogens is 374 g/mol. The fraction of sp³-hybridized carbons (Fsp3) is 0.450. The second kappa shape index (κ2) is 7.49. The van der Waals surface area contributed by atoms with Crippen molar-refractivity contribution in [3.8, 4) is 17.0 Å². The lowest BCUT2D eigenvalue weighted by Crippen LogP contribution is -2.41. The van der Waals surface area contributed by atoms with Crippen molar-refractivity contribution in [2.24, 2.45) is 5.92 Å². The van der Waals surface area contributed by atoms with E-state index in [2.05, 4.69) is 20.9 Å². The minimum atomic E-state index is -0.0106. The van der Waals surface area contributed by atoms with Crippen LogP contribution in [0.15, 0.2) is 28.9 Å². The van der Waals surface area contributed by atoms with Crippen LogP contribution in [0.3, 0.4) is 0 Å². The Morgan fingerprint density at radius 2 is 2.31 bits per heavy atom. The summed E-state index contributed by atoms with van der Waals surface area (Å²) in [4.78, 5) is 12.0. The molecule has 0 radical (unpaired) electrons. The predicted molar refractivity (Wildman–Crippen MR) is 105 cm³/mol. The van der Waals surface area contributed by atoms with Crippen molar-refractivity contribution in [2.45, 2.75) is 25.9 Å². The van der Waals surface area contributed by atoms with Gasteiger partial charge in [0.25, 0.3) is 5.88 Å². The van der Waals surface area contributed by atoms with Crippen molar-refractivity contribution in [2.75, 3.05) is 31.6 Å². The van der Waals surface area contributed by atoms with E-state index in [0.717, 1.165) is 42.6 Å². The maximum absolute atomic E-state index is 12.0. The standard InChI is InChI=1S/C20H23N5O4/c1-12-18(20(24-29-12)28-11-16-10-21-5-7-27-16)14-4-6-25-15(8-14)9-17(23-25)22-19(26)13-2-3-13/h4,6,8-9,13,16,21H,2-3,5,7,10-11H2,1H3,(H,22,23,26)/t16-/m0/s1. The summed E-state index contributed by atoms with van der Waals surface area (Å²) in [7, 11) is 0. The molecule has 0 bridgehead atoms. The number of ether oxygens (including phenoxy) is 2. The van der Waals surface area contributed by atoms with Gasteiger partial charge in [0.05, 0.1) is 17.7 Å². The van der Waals surface area contributed by atoms with E-state index in [-0.39, 0.29) is 17.9 Å². The highest BCUT2D eigenvalue weighted by Gasteiger charge is 2.30. The van der Waals surface area contributed by atoms with Gasteiger partial charge in [0.1, 0.15) is 18.5 Å². The van der Waals surface area contributed by atoms with Crippen LogP contribution in [0.4, 0.5) is 5.82 Å². The van der Waals surface area contributed by atoms with Crippen molar-refractivity contribution in [3.63, 3.8) is 0 Å². The van der Waals surface area contributed by atoms with Crippen LogP contribution in [0.1, 0.15) is 18.6 Å². The van der Waals surface area contributed by atoms with Gasteiger partial charge >= 0.3 is 0 Å². The zero-order valence-electron chi connectivity index (χ0n) is 16.2. The lowest BCUT2D eigenvalue weighted by Gasteiger charge is -2.23. The number of amides is 1. The number of hydrogen-bond donors (Lipinski definition) is 2. The number of rotatable bonds is 6. The summed E-state index contributed by atoms with van der Waals surface area (Å²) in [6.07, 6.45) is 3.76. The van der Waals surface area contributed by atoms with E-state index in [4.69, 9.17) is 14.0 Å². The molecule has 1 saturated carbocycles. The Kier molecular flexibility index (Phi) is 4.69. The summed E-state index contributed by atoms with van der Waals surface area (Å²) in [5.74, 6) is 1.85. The fourth-order valence-electron chi connectivity index (χ4n) is 3.46. The molecule has 1 aliphatic carbocycles. The number of nitrogens with one attached hydrogen (secondary N) is 2. The van der Waals surface area contributed by atoms with E-state index >= 15 is 0 Å². The van der Waals surface area contributed by atoms with Gasteiger partial charge in [-0.1, -0.05) is 0 Å². The van der Waals surface area contributed by atoms with Crippen LogP contribution in [0.5, 0.6) is 5.88 Å². The van der Waals surface area contributed by atoms with E-state index < -0.39 is 0 Å². The molecule has 1 aliphatic heterocycles. The molecule has 3 aromatic rings. The Hall–Kier alpha value is -2.91. The van der Waals surface area contributed by atoms with E-state index in [0.29, 0.717) is 30.7 Å². The summed E-state index contributed by atoms with van der Waals surface area (Å²) in [5.41, 5.74) is 2.58. The molecule has 29 heavy (non-hydrogen) atoms. The van der Waals surface area contributed by atoms with E-state index in [1.165, 1.54) is 0 Å². The molecule has 5 rings (SSSR count). The number of hydrogen-bond acceptors (Lipinski definition) is 7. The number of morpholine rings is 1. The van der Waals surface area contributed by atoms with Crippen molar-refractivity contribution in [1.82, 2.24) is 20.1 Å². The zero-order chi connectivity index (χ0) is 19.8. The number of aromatic nitrogens is 3. The van der Waals surface area contributed by atoms with Crippen LogP contribution in [-0.4, -0.2) is 53.1 Å². The quantitative estimate of drug-likeness (QED) is 0.656. The Labute approximate surface area is 167 Å². The minimum absolute atomic E-state index is 0.0106. The topological polar surface area (TPSA) is 103 Å². The monoisotopic (exact) mass is 397 g/mol. The summed E-state index contributed by atoms with van der Waals surface area (Å²) >= 11 is 0. The number of carbonyl (C=O) groups excluding carboxylic acids is 1. The molecule has 0 aromatic carbocycles. The first-order valence-corrected chi connectivity index (χ1v) is 9.89. The van der Waals surface area contributed by atoms with Crippen molar-refractivity contribution in [3.05, 3.63) is 30.2 Å². The maximum atomic E-state index is 12.0. The largest absolute Gasteiger partial charge is 0.472 e. The molecule has 1 amide bonds. The normalized spacial score (nSPS) is 19.4. The first kappa shape index (κ1) is 18.1. The number of anilines is 1. The maximum Gasteiger partial charge on any atom is 0.262 e. The Morgan fingerprint density at radius 3 is 3.10 bits per heavy atom. The third kappa shape index (κ3) is 3.83. The van der Waals surface area contributed by atoms with E-state index in [1.807, 2.05) is 31.3 Å². The molecule has 1 atom stereocenters. The Balaban J connectivity index is 1.36. The van der Waals surface area contributed by atoms with Gasteiger partial charge in [-0.05, 0) is 42.6 Å². The molecule has 0 spiro atoms. The molecule has 2 fully saturated rings. The first-order chi connectivity index (χ1) is 14.2. The van der Waals surface area contributed by atoms with Gasteiger partial charge in [-0.25, -0.2) is 4.52 Å². The van der Waals surface area contributed by atoms with Gasteiger partial charge in [0, 0.05) is 31.3 Å². The van der Waals surface area contributed by atoms with Crippen LogP contribution in [0.2, 0.25) is 0 Å². The van der Waals surface area contributed by atoms with Gasteiger partial charge < -0.3 is 24.6 Å². The number of fused-ring (bicyclic) bond motifs is 1. The highest BCUT2D eigenvalue weighted by Crippen LogP contribution is 2.34. The fourth-order valence-corrected chi connectivity index (χ4v) is 3.46. The summed E-state index contributed by atoms with van der Waals surface area (Å²) < 4.78 is 18.7. The average Bonchev–Trinajstić information content (AvgIpc) is 3.42. The van der Waals surface area contributed by atoms with Gasteiger partial charge in [0.15, 0.2) is 5.82 Å². The molecular formula is C20H23N5O4. The van der Waals surface area contributed by atoms with Crippen LogP contribution in [0, 0.1) is 12.8 Å². The van der Waals surface area contributed by atoms with Crippen molar-refractivity contribution < 1.29 is 18.8 Å². The van der Waals surface area contributed by atoms with E-state index in [9.17, 15) is 4.79 Å². The lowest BCUT2D eigenvalue weighted by molar-refractivity contribution is -0.117. The number of carbonyl (C=O) groups is 1. The number of aryl methyl sites for hydroxylation is 1. The molecule has 152 valence electrons. The number of pyridine rings is 1. The highest BCUT2D eigenvalue weighted by atomic mass is 16.6. The summed E-state index contributed by atoms with van der Waals surface area (Å²) in [6.45, 7) is 4.55. The van der Waals surface area contributed by atoms with Crippen LogP contribution >= 0.6 is 0 Å². The smallest absolute Gasteiger partial charge is 0.262 e. The summed E-state index contributed by atoms with van der Waals surface area (Å²) in [6, 6.07) is 5.76. The van der Waals surface area contributed by atoms with Crippen LogP contribution < -0.4 is 15.4 Å². The third-order valence-corrected chi connectivity index (χ3v) is 5.19. The molecule has 2 N–H and O–H groups in total. The minimum Gasteiger partial charge on any atom is -0.472 e. The first-order valence-electron chi connectivity index (χ1n) is 9.89. The van der Waals surface area contributed by atoms with Gasteiger partial charge in [-0.15, -0.1) is 0 Å². The van der Waals surface area contributed by atoms with Gasteiger partial charge in [-0.2, -0.15) is 5.10 Å². The highest BCUT2D eigenvalue weighted by molar-refractivity contribution is 5.93. The Morgan fingerprint density at radius 1 is 1.41 bits per heavy atom.